The maximum absolute atomic E-state index is 13.3. The van der Waals surface area contributed by atoms with Crippen molar-refractivity contribution in [1.29, 1.82) is 0 Å². The fourth-order valence-corrected chi connectivity index (χ4v) is 3.46. The van der Waals surface area contributed by atoms with Crippen molar-refractivity contribution < 1.29 is 18.3 Å². The minimum Gasteiger partial charge on any atom is -0.484 e. The fourth-order valence-electron chi connectivity index (χ4n) is 2.73. The van der Waals surface area contributed by atoms with Crippen LogP contribution in [-0.2, 0) is 13.2 Å². The van der Waals surface area contributed by atoms with Gasteiger partial charge in [0.15, 0.2) is 5.76 Å². The fraction of sp³-hybridized carbons (Fsp3) is 0.0952. The Morgan fingerprint density at radius 2 is 2.10 bits per heavy atom. The molecule has 2 aromatic carbocycles. The monoisotopic (exact) mass is 504 g/mol. The van der Waals surface area contributed by atoms with Crippen LogP contribution >= 0.6 is 27.5 Å². The first-order valence-corrected chi connectivity index (χ1v) is 10.3. The topological polar surface area (TPSA) is 82.2 Å². The quantitative estimate of drug-likeness (QED) is 0.368. The normalized spacial score (nSPS) is 10.8. The van der Waals surface area contributed by atoms with E-state index in [4.69, 9.17) is 20.8 Å². The summed E-state index contributed by atoms with van der Waals surface area (Å²) in [6, 6.07) is 14.6. The van der Waals surface area contributed by atoms with E-state index in [9.17, 15) is 9.18 Å². The van der Waals surface area contributed by atoms with Crippen LogP contribution in [0.1, 0.15) is 21.9 Å². The number of anilines is 1. The van der Waals surface area contributed by atoms with Gasteiger partial charge in [-0.15, -0.1) is 5.10 Å². The van der Waals surface area contributed by atoms with Crippen molar-refractivity contribution in [2.75, 3.05) is 5.32 Å². The van der Waals surface area contributed by atoms with Gasteiger partial charge in [-0.25, -0.2) is 14.1 Å². The molecule has 2 aromatic heterocycles. The molecule has 0 aliphatic carbocycles. The molecule has 0 aliphatic rings. The van der Waals surface area contributed by atoms with Crippen molar-refractivity contribution in [3.05, 3.63) is 93.3 Å². The number of hydrogen-bond acceptors (Lipinski definition) is 5. The van der Waals surface area contributed by atoms with Crippen LogP contribution < -0.4 is 10.1 Å². The van der Waals surface area contributed by atoms with E-state index in [1.165, 1.54) is 29.2 Å². The van der Waals surface area contributed by atoms with Crippen LogP contribution in [0.5, 0.6) is 5.75 Å². The predicted molar refractivity (Wildman–Crippen MR) is 116 cm³/mol. The number of halogens is 3. The van der Waals surface area contributed by atoms with Crippen molar-refractivity contribution >= 4 is 39.4 Å². The van der Waals surface area contributed by atoms with Gasteiger partial charge in [-0.1, -0.05) is 39.7 Å². The summed E-state index contributed by atoms with van der Waals surface area (Å²) in [6.45, 7) is 0.427. The Hall–Kier alpha value is -3.17. The standard InChI is InChI=1S/C21H15BrClFN4O3/c22-14-4-6-18(17(23)9-14)30-11-16-5-7-19(31-16)20(29)26-21-25-12-28(27-21)10-13-2-1-3-15(24)8-13/h1-9,12H,10-11H2,(H,26,27,29). The Balaban J connectivity index is 1.34. The molecule has 0 unspecified atom stereocenters. The van der Waals surface area contributed by atoms with Gasteiger partial charge in [-0.3, -0.25) is 10.1 Å². The van der Waals surface area contributed by atoms with E-state index < -0.39 is 5.91 Å². The summed E-state index contributed by atoms with van der Waals surface area (Å²) < 4.78 is 26.8. The average Bonchev–Trinajstić information content (AvgIpc) is 3.37. The van der Waals surface area contributed by atoms with E-state index >= 15 is 0 Å². The summed E-state index contributed by atoms with van der Waals surface area (Å²) in [5, 5.41) is 7.19. The number of ether oxygens (including phenoxy) is 1. The molecule has 1 amide bonds. The van der Waals surface area contributed by atoms with Crippen molar-refractivity contribution in [3.63, 3.8) is 0 Å². The molecule has 0 fully saturated rings. The van der Waals surface area contributed by atoms with Gasteiger partial charge in [0, 0.05) is 4.47 Å². The Labute approximate surface area is 189 Å². The number of furan rings is 1. The smallest absolute Gasteiger partial charge is 0.293 e. The zero-order valence-electron chi connectivity index (χ0n) is 15.9. The number of rotatable bonds is 7. The Kier molecular flexibility index (Phi) is 6.34. The van der Waals surface area contributed by atoms with Gasteiger partial charge >= 0.3 is 0 Å². The van der Waals surface area contributed by atoms with Gasteiger partial charge in [0.2, 0.25) is 5.95 Å². The summed E-state index contributed by atoms with van der Waals surface area (Å²) >= 11 is 9.45. The van der Waals surface area contributed by atoms with Crippen LogP contribution in [0.15, 0.2) is 69.8 Å². The van der Waals surface area contributed by atoms with E-state index in [-0.39, 0.29) is 24.1 Å². The lowest BCUT2D eigenvalue weighted by Crippen LogP contribution is -2.12. The molecule has 0 spiro atoms. The highest BCUT2D eigenvalue weighted by Gasteiger charge is 2.14. The molecule has 0 saturated heterocycles. The Morgan fingerprint density at radius 3 is 2.90 bits per heavy atom. The highest BCUT2D eigenvalue weighted by atomic mass is 79.9. The molecule has 0 aliphatic heterocycles. The van der Waals surface area contributed by atoms with Gasteiger partial charge in [-0.2, -0.15) is 0 Å². The third-order valence-corrected chi connectivity index (χ3v) is 4.93. The second kappa shape index (κ2) is 9.32. The molecule has 0 radical (unpaired) electrons. The molecule has 31 heavy (non-hydrogen) atoms. The van der Waals surface area contributed by atoms with Crippen molar-refractivity contribution in [2.24, 2.45) is 0 Å². The lowest BCUT2D eigenvalue weighted by Gasteiger charge is -2.06. The molecule has 10 heteroatoms. The third kappa shape index (κ3) is 5.50. The van der Waals surface area contributed by atoms with Crippen molar-refractivity contribution in [1.82, 2.24) is 14.8 Å². The molecule has 4 rings (SSSR count). The number of carbonyl (C=O) groups excluding carboxylic acids is 1. The van der Waals surface area contributed by atoms with Gasteiger partial charge in [0.1, 0.15) is 30.3 Å². The molecule has 0 bridgehead atoms. The maximum Gasteiger partial charge on any atom is 0.293 e. The van der Waals surface area contributed by atoms with Gasteiger partial charge in [-0.05, 0) is 48.0 Å². The third-order valence-electron chi connectivity index (χ3n) is 4.14. The first-order valence-electron chi connectivity index (χ1n) is 9.08. The number of hydrogen-bond donors (Lipinski definition) is 1. The zero-order chi connectivity index (χ0) is 21.8. The largest absolute Gasteiger partial charge is 0.484 e. The number of amides is 1. The summed E-state index contributed by atoms with van der Waals surface area (Å²) in [6.07, 6.45) is 1.45. The summed E-state index contributed by atoms with van der Waals surface area (Å²) in [5.41, 5.74) is 0.726. The molecule has 0 atom stereocenters. The SMILES string of the molecule is O=C(Nc1ncn(Cc2cccc(F)c2)n1)c1ccc(COc2ccc(Br)cc2Cl)o1. The van der Waals surface area contributed by atoms with Crippen LogP contribution in [0.2, 0.25) is 5.02 Å². The molecule has 7 nitrogen and oxygen atoms in total. The summed E-state index contributed by atoms with van der Waals surface area (Å²) in [5.74, 6) is 0.316. The van der Waals surface area contributed by atoms with E-state index in [0.29, 0.717) is 23.1 Å². The first-order chi connectivity index (χ1) is 15.0. The van der Waals surface area contributed by atoms with Gasteiger partial charge in [0.25, 0.3) is 5.91 Å². The number of nitrogens with zero attached hydrogens (tertiary/aromatic N) is 3. The van der Waals surface area contributed by atoms with E-state index in [1.54, 1.807) is 30.3 Å². The highest BCUT2D eigenvalue weighted by Crippen LogP contribution is 2.28. The second-order valence-electron chi connectivity index (χ2n) is 6.48. The molecular weight excluding hydrogens is 491 g/mol. The van der Waals surface area contributed by atoms with Crippen LogP contribution in [-0.4, -0.2) is 20.7 Å². The molecule has 1 N–H and O–H groups in total. The second-order valence-corrected chi connectivity index (χ2v) is 7.80. The first kappa shape index (κ1) is 21.1. The number of carbonyl (C=O) groups is 1. The zero-order valence-corrected chi connectivity index (χ0v) is 18.2. The maximum atomic E-state index is 13.3. The number of aromatic nitrogens is 3. The van der Waals surface area contributed by atoms with Crippen molar-refractivity contribution in [3.8, 4) is 5.75 Å². The molecule has 4 aromatic rings. The molecular formula is C21H15BrClFN4O3. The summed E-state index contributed by atoms with van der Waals surface area (Å²) in [7, 11) is 0. The summed E-state index contributed by atoms with van der Waals surface area (Å²) in [4.78, 5) is 16.4. The minimum absolute atomic E-state index is 0.0852. The van der Waals surface area contributed by atoms with Crippen LogP contribution in [0, 0.1) is 5.82 Å². The van der Waals surface area contributed by atoms with Crippen LogP contribution in [0.25, 0.3) is 0 Å². The molecule has 2 heterocycles. The molecule has 158 valence electrons. The average molecular weight is 506 g/mol. The number of nitrogens with one attached hydrogen (secondary N) is 1. The Bertz CT molecular complexity index is 1230. The minimum atomic E-state index is -0.503. The van der Waals surface area contributed by atoms with E-state index in [0.717, 1.165) is 10.0 Å². The Morgan fingerprint density at radius 1 is 1.23 bits per heavy atom. The van der Waals surface area contributed by atoms with Crippen molar-refractivity contribution in [2.45, 2.75) is 13.2 Å². The van der Waals surface area contributed by atoms with E-state index in [2.05, 4.69) is 31.3 Å². The molecule has 0 saturated carbocycles. The predicted octanol–water partition coefficient (Wildman–Crippen LogP) is 5.31. The van der Waals surface area contributed by atoms with Gasteiger partial charge < -0.3 is 9.15 Å². The van der Waals surface area contributed by atoms with E-state index in [1.807, 2.05) is 6.07 Å². The lowest BCUT2D eigenvalue weighted by atomic mass is 10.2. The number of benzene rings is 2. The highest BCUT2D eigenvalue weighted by molar-refractivity contribution is 9.10. The van der Waals surface area contributed by atoms with Crippen LogP contribution in [0.3, 0.4) is 0 Å². The van der Waals surface area contributed by atoms with Gasteiger partial charge in [0.05, 0.1) is 11.6 Å². The van der Waals surface area contributed by atoms with Crippen LogP contribution in [0.4, 0.5) is 10.3 Å². The lowest BCUT2D eigenvalue weighted by molar-refractivity contribution is 0.0991.